The van der Waals surface area contributed by atoms with Crippen molar-refractivity contribution in [3.63, 3.8) is 0 Å². The van der Waals surface area contributed by atoms with Crippen molar-refractivity contribution in [2.24, 2.45) is 5.73 Å². The van der Waals surface area contributed by atoms with Gasteiger partial charge in [0.05, 0.1) is 6.10 Å². The molecule has 2 N–H and O–H groups in total. The third kappa shape index (κ3) is 3.55. The van der Waals surface area contributed by atoms with E-state index in [1.807, 2.05) is 0 Å². The van der Waals surface area contributed by atoms with Gasteiger partial charge in [-0.15, -0.1) is 0 Å². The van der Waals surface area contributed by atoms with E-state index in [9.17, 15) is 0 Å². The first-order chi connectivity index (χ1) is 5.83. The zero-order chi connectivity index (χ0) is 8.81. The third-order valence-electron chi connectivity index (χ3n) is 2.65. The van der Waals surface area contributed by atoms with E-state index >= 15 is 0 Å². The van der Waals surface area contributed by atoms with Crippen LogP contribution in [0.2, 0.25) is 0 Å². The predicted octanol–water partition coefficient (Wildman–Crippen LogP) is 2.07. The molecule has 0 aromatic carbocycles. The van der Waals surface area contributed by atoms with Crippen LogP contribution in [-0.2, 0) is 4.74 Å². The summed E-state index contributed by atoms with van der Waals surface area (Å²) in [5.74, 6) is 0. The number of nitrogens with two attached hydrogens (primary N) is 1. The first kappa shape index (κ1) is 10.0. The first-order valence-corrected chi connectivity index (χ1v) is 5.20. The smallest absolute Gasteiger partial charge is 0.0576 e. The summed E-state index contributed by atoms with van der Waals surface area (Å²) in [7, 11) is 0. The van der Waals surface area contributed by atoms with Gasteiger partial charge in [-0.05, 0) is 38.5 Å². The Bertz CT molecular complexity index is 110. The lowest BCUT2D eigenvalue weighted by molar-refractivity contribution is 0.101. The number of ether oxygens (including phenoxy) is 1. The second-order valence-corrected chi connectivity index (χ2v) is 3.73. The Morgan fingerprint density at radius 3 is 3.00 bits per heavy atom. The van der Waals surface area contributed by atoms with E-state index in [4.69, 9.17) is 10.5 Å². The molecule has 0 aromatic rings. The monoisotopic (exact) mass is 171 g/mol. The maximum Gasteiger partial charge on any atom is 0.0576 e. The fraction of sp³-hybridized carbons (Fsp3) is 1.00. The van der Waals surface area contributed by atoms with Crippen LogP contribution >= 0.6 is 0 Å². The molecule has 1 saturated heterocycles. The van der Waals surface area contributed by atoms with Crippen LogP contribution in [0.3, 0.4) is 0 Å². The van der Waals surface area contributed by atoms with Crippen molar-refractivity contribution < 1.29 is 4.74 Å². The Kier molecular flexibility index (Phi) is 4.62. The number of rotatable bonds is 5. The molecule has 1 heterocycles. The zero-order valence-corrected chi connectivity index (χ0v) is 8.09. The van der Waals surface area contributed by atoms with Crippen molar-refractivity contribution in [3.05, 3.63) is 0 Å². The maximum atomic E-state index is 5.82. The average molecular weight is 171 g/mol. The topological polar surface area (TPSA) is 35.2 Å². The van der Waals surface area contributed by atoms with E-state index in [1.54, 1.807) is 0 Å². The molecule has 0 aliphatic carbocycles. The molecule has 0 amide bonds. The van der Waals surface area contributed by atoms with Crippen molar-refractivity contribution in [1.82, 2.24) is 0 Å². The first-order valence-electron chi connectivity index (χ1n) is 5.20. The summed E-state index contributed by atoms with van der Waals surface area (Å²) in [6.45, 7) is 3.13. The van der Waals surface area contributed by atoms with Gasteiger partial charge in [0.1, 0.15) is 0 Å². The SMILES string of the molecule is CCC(N)CCCC1CCCO1. The molecule has 0 bridgehead atoms. The molecule has 1 aliphatic heterocycles. The lowest BCUT2D eigenvalue weighted by atomic mass is 10.0. The Labute approximate surface area is 75.5 Å². The molecule has 1 rings (SSSR count). The molecule has 2 atom stereocenters. The molecule has 0 spiro atoms. The molecular weight excluding hydrogens is 150 g/mol. The molecule has 2 nitrogen and oxygen atoms in total. The second-order valence-electron chi connectivity index (χ2n) is 3.73. The summed E-state index contributed by atoms with van der Waals surface area (Å²) in [5.41, 5.74) is 5.82. The van der Waals surface area contributed by atoms with Crippen LogP contribution in [0.1, 0.15) is 45.4 Å². The Morgan fingerprint density at radius 1 is 1.58 bits per heavy atom. The highest BCUT2D eigenvalue weighted by Crippen LogP contribution is 2.18. The van der Waals surface area contributed by atoms with Crippen LogP contribution < -0.4 is 5.73 Å². The van der Waals surface area contributed by atoms with Gasteiger partial charge in [-0.2, -0.15) is 0 Å². The lowest BCUT2D eigenvalue weighted by Gasteiger charge is -2.11. The third-order valence-corrected chi connectivity index (χ3v) is 2.65. The van der Waals surface area contributed by atoms with Crippen LogP contribution in [0.15, 0.2) is 0 Å². The molecule has 0 aromatic heterocycles. The van der Waals surface area contributed by atoms with Gasteiger partial charge >= 0.3 is 0 Å². The van der Waals surface area contributed by atoms with Crippen molar-refractivity contribution in [2.75, 3.05) is 6.61 Å². The largest absolute Gasteiger partial charge is 0.378 e. The minimum absolute atomic E-state index is 0.409. The van der Waals surface area contributed by atoms with Crippen molar-refractivity contribution in [2.45, 2.75) is 57.6 Å². The van der Waals surface area contributed by atoms with E-state index in [0.717, 1.165) is 19.4 Å². The molecule has 0 saturated carbocycles. The van der Waals surface area contributed by atoms with Gasteiger partial charge in [0.25, 0.3) is 0 Å². The fourth-order valence-corrected chi connectivity index (χ4v) is 1.68. The molecule has 1 aliphatic rings. The molecule has 0 radical (unpaired) electrons. The Balaban J connectivity index is 1.94. The zero-order valence-electron chi connectivity index (χ0n) is 8.09. The minimum atomic E-state index is 0.409. The number of hydrogen-bond acceptors (Lipinski definition) is 2. The summed E-state index contributed by atoms with van der Waals surface area (Å²) < 4.78 is 5.53. The van der Waals surface area contributed by atoms with Crippen molar-refractivity contribution in [3.8, 4) is 0 Å². The van der Waals surface area contributed by atoms with Crippen molar-refractivity contribution in [1.29, 1.82) is 0 Å². The van der Waals surface area contributed by atoms with E-state index in [2.05, 4.69) is 6.92 Å². The van der Waals surface area contributed by atoms with Crippen LogP contribution in [0.4, 0.5) is 0 Å². The molecule has 12 heavy (non-hydrogen) atoms. The van der Waals surface area contributed by atoms with Crippen LogP contribution in [-0.4, -0.2) is 18.8 Å². The molecular formula is C10H21NO. The fourth-order valence-electron chi connectivity index (χ4n) is 1.68. The van der Waals surface area contributed by atoms with Gasteiger partial charge in [0.15, 0.2) is 0 Å². The van der Waals surface area contributed by atoms with Gasteiger partial charge in [0, 0.05) is 12.6 Å². The summed E-state index contributed by atoms with van der Waals surface area (Å²) in [6, 6.07) is 0.409. The standard InChI is InChI=1S/C10H21NO/c1-2-9(11)5-3-6-10-7-4-8-12-10/h9-10H,2-8,11H2,1H3. The Hall–Kier alpha value is -0.0800. The highest BCUT2D eigenvalue weighted by atomic mass is 16.5. The molecule has 2 heteroatoms. The van der Waals surface area contributed by atoms with E-state index in [0.29, 0.717) is 12.1 Å². The minimum Gasteiger partial charge on any atom is -0.378 e. The quantitative estimate of drug-likeness (QED) is 0.687. The lowest BCUT2D eigenvalue weighted by Crippen LogP contribution is -2.18. The summed E-state index contributed by atoms with van der Waals surface area (Å²) in [5, 5.41) is 0. The van der Waals surface area contributed by atoms with E-state index < -0.39 is 0 Å². The van der Waals surface area contributed by atoms with Crippen LogP contribution in [0.5, 0.6) is 0 Å². The van der Waals surface area contributed by atoms with Gasteiger partial charge in [-0.25, -0.2) is 0 Å². The molecule has 1 fully saturated rings. The summed E-state index contributed by atoms with van der Waals surface area (Å²) in [6.07, 6.45) is 7.79. The highest BCUT2D eigenvalue weighted by molar-refractivity contribution is 4.66. The second kappa shape index (κ2) is 5.55. The van der Waals surface area contributed by atoms with Crippen LogP contribution in [0.25, 0.3) is 0 Å². The average Bonchev–Trinajstić information content (AvgIpc) is 2.57. The molecule has 72 valence electrons. The normalized spacial score (nSPS) is 26.0. The Morgan fingerprint density at radius 2 is 2.42 bits per heavy atom. The highest BCUT2D eigenvalue weighted by Gasteiger charge is 2.14. The van der Waals surface area contributed by atoms with Gasteiger partial charge in [0.2, 0.25) is 0 Å². The summed E-state index contributed by atoms with van der Waals surface area (Å²) in [4.78, 5) is 0. The van der Waals surface area contributed by atoms with Gasteiger partial charge in [-0.1, -0.05) is 6.92 Å². The van der Waals surface area contributed by atoms with E-state index in [1.165, 1.54) is 25.7 Å². The van der Waals surface area contributed by atoms with Crippen molar-refractivity contribution >= 4 is 0 Å². The molecule has 2 unspecified atom stereocenters. The maximum absolute atomic E-state index is 5.82. The number of hydrogen-bond donors (Lipinski definition) is 1. The van der Waals surface area contributed by atoms with E-state index in [-0.39, 0.29) is 0 Å². The van der Waals surface area contributed by atoms with Crippen LogP contribution in [0, 0.1) is 0 Å². The van der Waals surface area contributed by atoms with Gasteiger partial charge in [-0.3, -0.25) is 0 Å². The van der Waals surface area contributed by atoms with Gasteiger partial charge < -0.3 is 10.5 Å². The summed E-state index contributed by atoms with van der Waals surface area (Å²) >= 11 is 0. The predicted molar refractivity (Wildman–Crippen MR) is 51.1 cm³/mol.